The summed E-state index contributed by atoms with van der Waals surface area (Å²) in [5, 5.41) is 1.49. The van der Waals surface area contributed by atoms with Gasteiger partial charge in [0.15, 0.2) is 0 Å². The summed E-state index contributed by atoms with van der Waals surface area (Å²) in [4.78, 5) is 0. The van der Waals surface area contributed by atoms with Crippen LogP contribution in [0, 0.1) is 5.82 Å². The minimum absolute atomic E-state index is 0.318. The summed E-state index contributed by atoms with van der Waals surface area (Å²) in [5.74, 6) is 5.42. The molecule has 0 aliphatic rings. The van der Waals surface area contributed by atoms with E-state index in [2.05, 4.69) is 6.92 Å². The molecule has 14 heavy (non-hydrogen) atoms. The van der Waals surface area contributed by atoms with Crippen LogP contribution in [-0.4, -0.2) is 6.54 Å². The highest BCUT2D eigenvalue weighted by molar-refractivity contribution is 5.66. The molecule has 0 spiro atoms. The third-order valence-corrected chi connectivity index (χ3v) is 2.05. The Balaban J connectivity index is 2.77. The fourth-order valence-corrected chi connectivity index (χ4v) is 1.21. The van der Waals surface area contributed by atoms with Crippen LogP contribution in [0.3, 0.4) is 0 Å². The van der Waals surface area contributed by atoms with E-state index in [1.807, 2.05) is 0 Å². The number of hydrazine groups is 1. The van der Waals surface area contributed by atoms with Gasteiger partial charge in [-0.1, -0.05) is 13.3 Å². The lowest BCUT2D eigenvalue weighted by atomic mass is 10.2. The van der Waals surface area contributed by atoms with Crippen molar-refractivity contribution in [2.24, 2.45) is 5.84 Å². The lowest BCUT2D eigenvalue weighted by Gasteiger charge is -2.19. The molecule has 0 radical (unpaired) electrons. The lowest BCUT2D eigenvalue weighted by Crippen LogP contribution is -2.32. The Hall–Kier alpha value is -1.29. The van der Waals surface area contributed by atoms with E-state index in [0.717, 1.165) is 12.8 Å². The molecule has 0 saturated carbocycles. The summed E-state index contributed by atoms with van der Waals surface area (Å²) in [5.41, 5.74) is 6.73. The Bertz CT molecular complexity index is 301. The van der Waals surface area contributed by atoms with E-state index in [-0.39, 0.29) is 5.82 Å². The topological polar surface area (TPSA) is 55.3 Å². The summed E-state index contributed by atoms with van der Waals surface area (Å²) in [6.45, 7) is 2.76. The summed E-state index contributed by atoms with van der Waals surface area (Å²) >= 11 is 0. The average molecular weight is 197 g/mol. The molecule has 1 aromatic carbocycles. The molecule has 0 aromatic heterocycles. The molecule has 0 fully saturated rings. The third kappa shape index (κ3) is 2.60. The maximum absolute atomic E-state index is 12.9. The van der Waals surface area contributed by atoms with Crippen LogP contribution in [0.15, 0.2) is 18.2 Å². The molecule has 0 aliphatic carbocycles. The minimum Gasteiger partial charge on any atom is -0.397 e. The average Bonchev–Trinajstić information content (AvgIpc) is 2.18. The Morgan fingerprint density at radius 2 is 2.14 bits per heavy atom. The second kappa shape index (κ2) is 4.81. The Morgan fingerprint density at radius 1 is 1.43 bits per heavy atom. The molecule has 0 atom stereocenters. The molecule has 0 amide bonds. The van der Waals surface area contributed by atoms with Crippen molar-refractivity contribution in [2.45, 2.75) is 19.8 Å². The zero-order valence-electron chi connectivity index (χ0n) is 8.33. The van der Waals surface area contributed by atoms with E-state index in [1.165, 1.54) is 23.2 Å². The van der Waals surface area contributed by atoms with Gasteiger partial charge in [-0.2, -0.15) is 0 Å². The van der Waals surface area contributed by atoms with E-state index in [1.54, 1.807) is 0 Å². The first-order chi connectivity index (χ1) is 6.65. The molecule has 0 unspecified atom stereocenters. The van der Waals surface area contributed by atoms with E-state index in [4.69, 9.17) is 11.6 Å². The van der Waals surface area contributed by atoms with Crippen molar-refractivity contribution in [3.8, 4) is 0 Å². The van der Waals surface area contributed by atoms with Crippen LogP contribution >= 0.6 is 0 Å². The van der Waals surface area contributed by atoms with Crippen LogP contribution in [0.2, 0.25) is 0 Å². The number of unbranched alkanes of at least 4 members (excludes halogenated alkanes) is 1. The van der Waals surface area contributed by atoms with Crippen LogP contribution in [0.5, 0.6) is 0 Å². The second-order valence-corrected chi connectivity index (χ2v) is 3.25. The normalized spacial score (nSPS) is 10.2. The van der Waals surface area contributed by atoms with Crippen LogP contribution in [0.25, 0.3) is 0 Å². The predicted molar refractivity (Wildman–Crippen MR) is 57.3 cm³/mol. The fourth-order valence-electron chi connectivity index (χ4n) is 1.21. The highest BCUT2D eigenvalue weighted by Crippen LogP contribution is 2.21. The summed E-state index contributed by atoms with van der Waals surface area (Å²) in [6.07, 6.45) is 2.01. The summed E-state index contributed by atoms with van der Waals surface area (Å²) in [6, 6.07) is 4.20. The number of halogens is 1. The number of anilines is 2. The van der Waals surface area contributed by atoms with Crippen LogP contribution < -0.4 is 16.6 Å². The number of benzene rings is 1. The van der Waals surface area contributed by atoms with Gasteiger partial charge in [-0.25, -0.2) is 10.2 Å². The highest BCUT2D eigenvalue weighted by Gasteiger charge is 2.06. The predicted octanol–water partition coefficient (Wildman–Crippen LogP) is 1.89. The van der Waals surface area contributed by atoms with E-state index in [0.29, 0.717) is 17.9 Å². The van der Waals surface area contributed by atoms with Crippen molar-refractivity contribution in [1.29, 1.82) is 0 Å². The Kier molecular flexibility index (Phi) is 3.71. The summed E-state index contributed by atoms with van der Waals surface area (Å²) < 4.78 is 12.9. The molecule has 78 valence electrons. The van der Waals surface area contributed by atoms with Gasteiger partial charge in [0.2, 0.25) is 0 Å². The highest BCUT2D eigenvalue weighted by atomic mass is 19.1. The van der Waals surface area contributed by atoms with Gasteiger partial charge in [0.1, 0.15) is 5.82 Å². The molecule has 3 nitrogen and oxygen atoms in total. The number of nitrogens with zero attached hydrogens (tertiary/aromatic N) is 1. The summed E-state index contributed by atoms with van der Waals surface area (Å²) in [7, 11) is 0. The third-order valence-electron chi connectivity index (χ3n) is 2.05. The molecular weight excluding hydrogens is 181 g/mol. The van der Waals surface area contributed by atoms with E-state index < -0.39 is 0 Å². The Morgan fingerprint density at radius 3 is 2.79 bits per heavy atom. The maximum atomic E-state index is 12.9. The smallest absolute Gasteiger partial charge is 0.125 e. The second-order valence-electron chi connectivity index (χ2n) is 3.25. The van der Waals surface area contributed by atoms with Gasteiger partial charge in [-0.15, -0.1) is 0 Å². The SMILES string of the molecule is CCCCN(N)c1cc(F)ccc1N. The van der Waals surface area contributed by atoms with Gasteiger partial charge in [-0.3, -0.25) is 0 Å². The van der Waals surface area contributed by atoms with E-state index in [9.17, 15) is 4.39 Å². The molecule has 4 heteroatoms. The van der Waals surface area contributed by atoms with Gasteiger partial charge in [0, 0.05) is 12.6 Å². The van der Waals surface area contributed by atoms with Crippen LogP contribution in [-0.2, 0) is 0 Å². The van der Waals surface area contributed by atoms with Crippen molar-refractivity contribution in [2.75, 3.05) is 17.3 Å². The number of hydrogen-bond acceptors (Lipinski definition) is 3. The molecule has 4 N–H and O–H groups in total. The molecule has 1 rings (SSSR count). The van der Waals surface area contributed by atoms with Crippen molar-refractivity contribution in [3.63, 3.8) is 0 Å². The first kappa shape index (κ1) is 10.8. The first-order valence-electron chi connectivity index (χ1n) is 4.72. The quantitative estimate of drug-likeness (QED) is 0.440. The van der Waals surface area contributed by atoms with Gasteiger partial charge in [-0.05, 0) is 18.6 Å². The van der Waals surface area contributed by atoms with Crippen LogP contribution in [0.4, 0.5) is 15.8 Å². The largest absolute Gasteiger partial charge is 0.397 e. The van der Waals surface area contributed by atoms with Gasteiger partial charge < -0.3 is 10.7 Å². The van der Waals surface area contributed by atoms with Crippen molar-refractivity contribution in [1.82, 2.24) is 0 Å². The Labute approximate surface area is 83.5 Å². The minimum atomic E-state index is -0.318. The zero-order chi connectivity index (χ0) is 10.6. The monoisotopic (exact) mass is 197 g/mol. The lowest BCUT2D eigenvalue weighted by molar-refractivity contribution is 0.626. The number of nitrogens with two attached hydrogens (primary N) is 2. The van der Waals surface area contributed by atoms with Crippen molar-refractivity contribution in [3.05, 3.63) is 24.0 Å². The van der Waals surface area contributed by atoms with Crippen molar-refractivity contribution < 1.29 is 4.39 Å². The van der Waals surface area contributed by atoms with Gasteiger partial charge in [0.25, 0.3) is 0 Å². The standard InChI is InChI=1S/C10H16FN3/c1-2-3-6-14(13)10-7-8(11)4-5-9(10)12/h4-5,7H,2-3,6,12-13H2,1H3. The van der Waals surface area contributed by atoms with Crippen molar-refractivity contribution >= 4 is 11.4 Å². The van der Waals surface area contributed by atoms with Gasteiger partial charge in [0.05, 0.1) is 11.4 Å². The van der Waals surface area contributed by atoms with Crippen LogP contribution in [0.1, 0.15) is 19.8 Å². The molecule has 1 aromatic rings. The zero-order valence-corrected chi connectivity index (χ0v) is 8.33. The number of nitrogen functional groups attached to an aromatic ring is 1. The maximum Gasteiger partial charge on any atom is 0.125 e. The number of hydrogen-bond donors (Lipinski definition) is 2. The molecule has 0 bridgehead atoms. The van der Waals surface area contributed by atoms with Gasteiger partial charge >= 0.3 is 0 Å². The first-order valence-corrected chi connectivity index (χ1v) is 4.72. The molecule has 0 heterocycles. The fraction of sp³-hybridized carbons (Fsp3) is 0.400. The van der Waals surface area contributed by atoms with E-state index >= 15 is 0 Å². The number of rotatable bonds is 4. The molecular formula is C10H16FN3. The molecule has 0 saturated heterocycles. The molecule has 0 aliphatic heterocycles.